The van der Waals surface area contributed by atoms with Crippen LogP contribution in [0.4, 0.5) is 51.2 Å². The molecule has 0 atom stereocenters. The van der Waals surface area contributed by atoms with E-state index in [9.17, 15) is 0 Å². The molecular weight excluding hydrogens is 1100 g/mol. The number of hydrogen-bond donors (Lipinski definition) is 0. The van der Waals surface area contributed by atoms with Gasteiger partial charge in [-0.25, -0.2) is 0 Å². The molecule has 0 amide bonds. The number of para-hydroxylation sites is 4. The van der Waals surface area contributed by atoms with E-state index in [0.29, 0.717) is 0 Å². The van der Waals surface area contributed by atoms with Crippen LogP contribution in [0.25, 0.3) is 83.1 Å². The predicted octanol–water partition coefficient (Wildman–Crippen LogP) is 21.6. The van der Waals surface area contributed by atoms with Crippen molar-refractivity contribution in [3.8, 4) is 61.3 Å². The SMILES string of the molecule is CC(C)(C)c1ccc(C(C)(C)C)c(-c2cccc(N3c4cc(-n5c6ccccc6c6ccccc65)ccc4B4c5cc(-c6ccccc6)cc6c5N(c5ccc(-c7ccccc7)cc5-c5ccccc5-6)c5cc(N(c6ccccc6)c6ccccc6)cc3c54)c2)c1. The third-order valence-electron chi connectivity index (χ3n) is 19.3. The van der Waals surface area contributed by atoms with Crippen LogP contribution in [0.5, 0.6) is 0 Å². The minimum absolute atomic E-state index is 0.0529. The molecule has 0 saturated carbocycles. The van der Waals surface area contributed by atoms with Crippen molar-refractivity contribution in [1.29, 1.82) is 0 Å². The number of anilines is 9. The second-order valence-electron chi connectivity index (χ2n) is 26.9. The van der Waals surface area contributed by atoms with Crippen molar-refractivity contribution >= 4 is 96.1 Å². The first kappa shape index (κ1) is 54.3. The van der Waals surface area contributed by atoms with Crippen LogP contribution in [0.2, 0.25) is 0 Å². The predicted molar refractivity (Wildman–Crippen MR) is 388 cm³/mol. The highest BCUT2D eigenvalue weighted by Crippen LogP contribution is 2.56. The number of aromatic nitrogens is 1. The fourth-order valence-corrected chi connectivity index (χ4v) is 15.1. The van der Waals surface area contributed by atoms with Gasteiger partial charge in [-0.2, -0.15) is 0 Å². The summed E-state index contributed by atoms with van der Waals surface area (Å²) in [6.45, 7) is 13.8. The average molecular weight is 1170 g/mol. The highest BCUT2D eigenvalue weighted by Gasteiger charge is 2.47. The normalized spacial score (nSPS) is 12.9. The molecule has 14 aromatic rings. The van der Waals surface area contributed by atoms with Crippen LogP contribution in [0.1, 0.15) is 52.7 Å². The van der Waals surface area contributed by atoms with Gasteiger partial charge in [-0.1, -0.05) is 248 Å². The molecule has 13 aromatic carbocycles. The molecule has 0 bridgehead atoms. The number of nitrogens with zero attached hydrogens (tertiary/aromatic N) is 4. The quantitative estimate of drug-likeness (QED) is 0.141. The first-order valence-electron chi connectivity index (χ1n) is 32.0. The number of rotatable bonds is 8. The van der Waals surface area contributed by atoms with Gasteiger partial charge in [0.2, 0.25) is 0 Å². The molecule has 0 fully saturated rings. The Hall–Kier alpha value is -10.9. The highest BCUT2D eigenvalue weighted by molar-refractivity contribution is 7.00. The Morgan fingerprint density at radius 3 is 1.51 bits per heavy atom. The fraction of sp³-hybridized carbons (Fsp3) is 0.0930. The van der Waals surface area contributed by atoms with Crippen LogP contribution in [0, 0.1) is 0 Å². The Morgan fingerprint density at radius 2 is 0.868 bits per heavy atom. The van der Waals surface area contributed by atoms with Crippen LogP contribution in [0.3, 0.4) is 0 Å². The topological polar surface area (TPSA) is 14.7 Å². The van der Waals surface area contributed by atoms with Crippen LogP contribution in [-0.4, -0.2) is 11.3 Å². The van der Waals surface area contributed by atoms with Crippen LogP contribution in [0.15, 0.2) is 297 Å². The molecule has 0 unspecified atom stereocenters. The lowest BCUT2D eigenvalue weighted by Crippen LogP contribution is -2.61. The second-order valence-corrected chi connectivity index (χ2v) is 26.9. The van der Waals surface area contributed by atoms with E-state index < -0.39 is 0 Å². The summed E-state index contributed by atoms with van der Waals surface area (Å²) < 4.78 is 2.49. The molecule has 4 heterocycles. The summed E-state index contributed by atoms with van der Waals surface area (Å²) in [5.74, 6) is 0. The van der Waals surface area contributed by atoms with E-state index in [1.165, 1.54) is 111 Å². The number of benzene rings is 13. The van der Waals surface area contributed by atoms with Gasteiger partial charge in [-0.05, 0) is 174 Å². The zero-order valence-corrected chi connectivity index (χ0v) is 52.2. The molecule has 0 radical (unpaired) electrons. The Labute approximate surface area is 534 Å². The smallest absolute Gasteiger partial charge is 0.252 e. The molecule has 0 spiro atoms. The summed E-state index contributed by atoms with van der Waals surface area (Å²) in [5.41, 5.74) is 31.7. The fourth-order valence-electron chi connectivity index (χ4n) is 15.1. The largest absolute Gasteiger partial charge is 0.311 e. The molecule has 5 heteroatoms. The molecule has 4 nitrogen and oxygen atoms in total. The third-order valence-corrected chi connectivity index (χ3v) is 19.3. The Bertz CT molecular complexity index is 5120. The van der Waals surface area contributed by atoms with Crippen molar-refractivity contribution in [2.24, 2.45) is 0 Å². The molecular formula is C86H67BN4. The zero-order chi connectivity index (χ0) is 61.3. The Morgan fingerprint density at radius 1 is 0.308 bits per heavy atom. The van der Waals surface area contributed by atoms with Crippen LogP contribution < -0.4 is 31.1 Å². The van der Waals surface area contributed by atoms with Crippen molar-refractivity contribution in [1.82, 2.24) is 4.57 Å². The molecule has 17 rings (SSSR count). The van der Waals surface area contributed by atoms with Gasteiger partial charge < -0.3 is 19.3 Å². The molecule has 1 aromatic heterocycles. The van der Waals surface area contributed by atoms with Gasteiger partial charge in [0, 0.05) is 67.4 Å². The van der Waals surface area contributed by atoms with Crippen LogP contribution >= 0.6 is 0 Å². The van der Waals surface area contributed by atoms with Gasteiger partial charge in [0.25, 0.3) is 6.71 Å². The first-order chi connectivity index (χ1) is 44.4. The van der Waals surface area contributed by atoms with Crippen molar-refractivity contribution in [2.75, 3.05) is 14.7 Å². The molecule has 3 aliphatic heterocycles. The molecule has 0 saturated heterocycles. The van der Waals surface area contributed by atoms with Crippen molar-refractivity contribution < 1.29 is 0 Å². The maximum atomic E-state index is 2.66. The Balaban J connectivity index is 1.03. The van der Waals surface area contributed by atoms with Crippen molar-refractivity contribution in [2.45, 2.75) is 52.4 Å². The van der Waals surface area contributed by atoms with Gasteiger partial charge in [0.15, 0.2) is 0 Å². The van der Waals surface area contributed by atoms with Gasteiger partial charge in [-0.3, -0.25) is 0 Å². The lowest BCUT2D eigenvalue weighted by molar-refractivity contribution is 0.578. The van der Waals surface area contributed by atoms with E-state index in [1.54, 1.807) is 0 Å². The minimum atomic E-state index is -0.204. The standard InChI is InChI=1S/C86H67BN4/c1-85(2,3)61-43-45-74(86(4,5)6)71(52-61)59-30-25-35-64(48-59)90-80-53-65(89-77-40-23-21-38-69(77)70-39-22-24-41-78(70)89)44-46-75(80)87-76-51-60(57-28-13-8-14-29-57)50-73-68-37-20-19-36-67(68)72-49-58(56-26-11-7-12-27-56)42-47-79(72)91(84(73)76)82-55-66(54-81(90)83(82)87)88(62-31-15-9-16-32-62)63-33-17-10-18-34-63/h7-55H,1-6H3. The van der Waals surface area contributed by atoms with E-state index >= 15 is 0 Å². The summed E-state index contributed by atoms with van der Waals surface area (Å²) in [5, 5.41) is 2.47. The Kier molecular flexibility index (Phi) is 12.5. The second kappa shape index (κ2) is 20.9. The van der Waals surface area contributed by atoms with E-state index in [-0.39, 0.29) is 17.5 Å². The van der Waals surface area contributed by atoms with Crippen LogP contribution in [-0.2, 0) is 10.8 Å². The van der Waals surface area contributed by atoms with Gasteiger partial charge in [0.1, 0.15) is 0 Å². The summed E-state index contributed by atoms with van der Waals surface area (Å²) in [4.78, 5) is 7.75. The maximum absolute atomic E-state index is 2.66. The van der Waals surface area contributed by atoms with Gasteiger partial charge >= 0.3 is 0 Å². The summed E-state index contributed by atoms with van der Waals surface area (Å²) in [6, 6.07) is 112. The monoisotopic (exact) mass is 1170 g/mol. The summed E-state index contributed by atoms with van der Waals surface area (Å²) in [7, 11) is 0. The number of fused-ring (bicyclic) bond motifs is 12. The highest BCUT2D eigenvalue weighted by atomic mass is 15.2. The van der Waals surface area contributed by atoms with E-state index in [4.69, 9.17) is 0 Å². The lowest BCUT2D eigenvalue weighted by atomic mass is 9.33. The zero-order valence-electron chi connectivity index (χ0n) is 52.2. The van der Waals surface area contributed by atoms with E-state index in [2.05, 4.69) is 358 Å². The number of hydrogen-bond acceptors (Lipinski definition) is 3. The van der Waals surface area contributed by atoms with Gasteiger partial charge in [-0.15, -0.1) is 0 Å². The molecule has 434 valence electrons. The molecule has 0 aliphatic carbocycles. The molecule has 0 N–H and O–H groups in total. The van der Waals surface area contributed by atoms with Crippen molar-refractivity contribution in [3.63, 3.8) is 0 Å². The molecule has 91 heavy (non-hydrogen) atoms. The van der Waals surface area contributed by atoms with E-state index in [0.717, 1.165) is 51.2 Å². The van der Waals surface area contributed by atoms with E-state index in [1.807, 2.05) is 0 Å². The summed E-state index contributed by atoms with van der Waals surface area (Å²) in [6.07, 6.45) is 0. The van der Waals surface area contributed by atoms with Crippen molar-refractivity contribution in [3.05, 3.63) is 308 Å². The minimum Gasteiger partial charge on any atom is -0.311 e. The van der Waals surface area contributed by atoms with Gasteiger partial charge in [0.05, 0.1) is 22.4 Å². The average Bonchev–Trinajstić information content (AvgIpc) is 1.64. The molecule has 3 aliphatic rings. The summed E-state index contributed by atoms with van der Waals surface area (Å²) >= 11 is 0. The maximum Gasteiger partial charge on any atom is 0.252 e. The third kappa shape index (κ3) is 8.81. The lowest BCUT2D eigenvalue weighted by Gasteiger charge is -2.45. The first-order valence-corrected chi connectivity index (χ1v) is 32.0.